The number of benzene rings is 1. The van der Waals surface area contributed by atoms with Gasteiger partial charge in [0, 0.05) is 6.07 Å². The van der Waals surface area contributed by atoms with Crippen molar-refractivity contribution in [2.75, 3.05) is 0 Å². The van der Waals surface area contributed by atoms with Crippen LogP contribution in [0.1, 0.15) is 5.69 Å². The lowest BCUT2D eigenvalue weighted by molar-refractivity contribution is 0.462. The van der Waals surface area contributed by atoms with Crippen LogP contribution in [-0.2, 0) is 0 Å². The van der Waals surface area contributed by atoms with Crippen LogP contribution >= 0.6 is 0 Å². The molecule has 1 aromatic heterocycles. The number of nitrogens with zero attached hydrogens (tertiary/aromatic N) is 2. The topological polar surface area (TPSA) is 45.9 Å². The monoisotopic (exact) mass is 196 g/mol. The average Bonchev–Trinajstić information content (AvgIpc) is 2.31. The minimum absolute atomic E-state index is 0.350. The minimum Gasteiger partial charge on any atom is -0.439 e. The van der Waals surface area contributed by atoms with Crippen LogP contribution < -0.4 is 4.74 Å². The molecule has 0 aliphatic rings. The average molecular weight is 196 g/mol. The number of rotatable bonds is 2. The number of hydrogen-bond donors (Lipinski definition) is 0. The van der Waals surface area contributed by atoms with Gasteiger partial charge in [0.05, 0.1) is 0 Å². The first-order valence-corrected chi connectivity index (χ1v) is 4.48. The van der Waals surface area contributed by atoms with Crippen LogP contribution in [0.15, 0.2) is 48.5 Å². The Hall–Kier alpha value is -2.34. The summed E-state index contributed by atoms with van der Waals surface area (Å²) in [5, 5.41) is 8.66. The number of ether oxygens (including phenoxy) is 1. The van der Waals surface area contributed by atoms with Crippen LogP contribution in [-0.4, -0.2) is 4.98 Å². The maximum atomic E-state index is 8.66. The van der Waals surface area contributed by atoms with Crippen LogP contribution in [0, 0.1) is 11.3 Å². The van der Waals surface area contributed by atoms with E-state index >= 15 is 0 Å². The highest BCUT2D eigenvalue weighted by Gasteiger charge is 1.98. The molecule has 0 aliphatic heterocycles. The summed E-state index contributed by atoms with van der Waals surface area (Å²) in [4.78, 5) is 4.00. The molecule has 0 saturated heterocycles. The second kappa shape index (κ2) is 4.25. The molecular formula is C12H8N2O. The molecule has 15 heavy (non-hydrogen) atoms. The maximum Gasteiger partial charge on any atom is 0.220 e. The van der Waals surface area contributed by atoms with Gasteiger partial charge in [-0.25, -0.2) is 4.98 Å². The molecule has 0 fully saturated rings. The fourth-order valence-corrected chi connectivity index (χ4v) is 1.14. The lowest BCUT2D eigenvalue weighted by atomic mass is 10.3. The van der Waals surface area contributed by atoms with Crippen molar-refractivity contribution in [1.82, 2.24) is 4.98 Å². The molecule has 0 saturated carbocycles. The molecule has 72 valence electrons. The zero-order chi connectivity index (χ0) is 10.5. The highest BCUT2D eigenvalue weighted by atomic mass is 16.5. The zero-order valence-corrected chi connectivity index (χ0v) is 7.92. The number of aromatic nitrogens is 1. The highest BCUT2D eigenvalue weighted by Crippen LogP contribution is 2.18. The summed E-state index contributed by atoms with van der Waals surface area (Å²) in [6.07, 6.45) is 0. The van der Waals surface area contributed by atoms with Gasteiger partial charge in [-0.3, -0.25) is 0 Å². The molecule has 1 heterocycles. The second-order valence-electron chi connectivity index (χ2n) is 2.89. The van der Waals surface area contributed by atoms with Crippen LogP contribution in [0.4, 0.5) is 0 Å². The van der Waals surface area contributed by atoms with E-state index in [0.29, 0.717) is 17.3 Å². The Balaban J connectivity index is 2.22. The quantitative estimate of drug-likeness (QED) is 0.741. The Morgan fingerprint density at radius 1 is 1.00 bits per heavy atom. The van der Waals surface area contributed by atoms with Gasteiger partial charge in [0.25, 0.3) is 0 Å². The number of para-hydroxylation sites is 1. The molecule has 0 amide bonds. The first kappa shape index (κ1) is 9.22. The third kappa shape index (κ3) is 2.32. The number of hydrogen-bond acceptors (Lipinski definition) is 3. The SMILES string of the molecule is N#Cc1cccc(Oc2ccccc2)n1. The predicted octanol–water partition coefficient (Wildman–Crippen LogP) is 2.75. The summed E-state index contributed by atoms with van der Waals surface area (Å²) in [7, 11) is 0. The van der Waals surface area contributed by atoms with E-state index in [4.69, 9.17) is 10.00 Å². The Kier molecular flexibility index (Phi) is 2.61. The molecule has 3 heteroatoms. The zero-order valence-electron chi connectivity index (χ0n) is 7.92. The molecule has 0 radical (unpaired) electrons. The van der Waals surface area contributed by atoms with Crippen molar-refractivity contribution in [3.05, 3.63) is 54.2 Å². The largest absolute Gasteiger partial charge is 0.439 e. The van der Waals surface area contributed by atoms with Gasteiger partial charge in [0.1, 0.15) is 17.5 Å². The molecule has 2 rings (SSSR count). The summed E-state index contributed by atoms with van der Waals surface area (Å²) in [6, 6.07) is 16.4. The Bertz CT molecular complexity index is 488. The molecule has 0 N–H and O–H groups in total. The van der Waals surface area contributed by atoms with Gasteiger partial charge >= 0.3 is 0 Å². The van der Waals surface area contributed by atoms with Crippen molar-refractivity contribution in [3.63, 3.8) is 0 Å². The molecule has 0 unspecified atom stereocenters. The van der Waals surface area contributed by atoms with Crippen molar-refractivity contribution < 1.29 is 4.74 Å². The van der Waals surface area contributed by atoms with Gasteiger partial charge in [0.2, 0.25) is 5.88 Å². The molecule has 0 atom stereocenters. The van der Waals surface area contributed by atoms with E-state index in [-0.39, 0.29) is 0 Å². The van der Waals surface area contributed by atoms with Gasteiger partial charge in [-0.15, -0.1) is 0 Å². The Morgan fingerprint density at radius 3 is 2.53 bits per heavy atom. The fourth-order valence-electron chi connectivity index (χ4n) is 1.14. The molecule has 0 bridgehead atoms. The van der Waals surface area contributed by atoms with Crippen LogP contribution in [0.5, 0.6) is 11.6 Å². The molecule has 2 aromatic rings. The van der Waals surface area contributed by atoms with E-state index < -0.39 is 0 Å². The molecule has 0 aliphatic carbocycles. The molecule has 3 nitrogen and oxygen atoms in total. The number of nitriles is 1. The standard InChI is InChI=1S/C12H8N2O/c13-9-10-5-4-8-12(14-10)15-11-6-2-1-3-7-11/h1-8H. The van der Waals surface area contributed by atoms with Crippen molar-refractivity contribution >= 4 is 0 Å². The summed E-state index contributed by atoms with van der Waals surface area (Å²) >= 11 is 0. The lowest BCUT2D eigenvalue weighted by Crippen LogP contribution is -1.89. The van der Waals surface area contributed by atoms with Crippen molar-refractivity contribution in [3.8, 4) is 17.7 Å². The van der Waals surface area contributed by atoms with E-state index in [1.54, 1.807) is 18.2 Å². The van der Waals surface area contributed by atoms with E-state index in [1.807, 2.05) is 36.4 Å². The van der Waals surface area contributed by atoms with E-state index in [0.717, 1.165) is 0 Å². The number of pyridine rings is 1. The Labute approximate surface area is 87.6 Å². The molecular weight excluding hydrogens is 188 g/mol. The lowest BCUT2D eigenvalue weighted by Gasteiger charge is -2.03. The van der Waals surface area contributed by atoms with Crippen LogP contribution in [0.25, 0.3) is 0 Å². The first-order valence-electron chi connectivity index (χ1n) is 4.48. The normalized spacial score (nSPS) is 9.27. The van der Waals surface area contributed by atoms with Crippen molar-refractivity contribution in [2.24, 2.45) is 0 Å². The van der Waals surface area contributed by atoms with E-state index in [9.17, 15) is 0 Å². The van der Waals surface area contributed by atoms with Gasteiger partial charge in [-0.05, 0) is 18.2 Å². The summed E-state index contributed by atoms with van der Waals surface area (Å²) in [5.41, 5.74) is 0.350. The Morgan fingerprint density at radius 2 is 1.80 bits per heavy atom. The van der Waals surface area contributed by atoms with Gasteiger partial charge < -0.3 is 4.74 Å². The molecule has 1 aromatic carbocycles. The summed E-state index contributed by atoms with van der Waals surface area (Å²) in [5.74, 6) is 1.14. The van der Waals surface area contributed by atoms with Crippen LogP contribution in [0.2, 0.25) is 0 Å². The smallest absolute Gasteiger partial charge is 0.220 e. The molecule has 0 spiro atoms. The van der Waals surface area contributed by atoms with Crippen molar-refractivity contribution in [1.29, 1.82) is 5.26 Å². The fraction of sp³-hybridized carbons (Fsp3) is 0. The van der Waals surface area contributed by atoms with Crippen LogP contribution in [0.3, 0.4) is 0 Å². The first-order chi connectivity index (χ1) is 7.38. The van der Waals surface area contributed by atoms with Gasteiger partial charge in [-0.1, -0.05) is 24.3 Å². The highest BCUT2D eigenvalue weighted by molar-refractivity contribution is 5.29. The summed E-state index contributed by atoms with van der Waals surface area (Å²) < 4.78 is 5.46. The van der Waals surface area contributed by atoms with E-state index in [1.165, 1.54) is 0 Å². The minimum atomic E-state index is 0.350. The van der Waals surface area contributed by atoms with Crippen molar-refractivity contribution in [2.45, 2.75) is 0 Å². The third-order valence-corrected chi connectivity index (χ3v) is 1.80. The van der Waals surface area contributed by atoms with E-state index in [2.05, 4.69) is 4.98 Å². The second-order valence-corrected chi connectivity index (χ2v) is 2.89. The maximum absolute atomic E-state index is 8.66. The summed E-state index contributed by atoms with van der Waals surface area (Å²) in [6.45, 7) is 0. The third-order valence-electron chi connectivity index (χ3n) is 1.80. The van der Waals surface area contributed by atoms with Gasteiger partial charge in [0.15, 0.2) is 0 Å². The predicted molar refractivity (Wildman–Crippen MR) is 55.5 cm³/mol. The van der Waals surface area contributed by atoms with Gasteiger partial charge in [-0.2, -0.15) is 5.26 Å².